The largest absolute Gasteiger partial charge is 0.390 e. The van der Waals surface area contributed by atoms with E-state index in [-0.39, 0.29) is 30.5 Å². The highest BCUT2D eigenvalue weighted by Crippen LogP contribution is 2.18. The van der Waals surface area contributed by atoms with Crippen LogP contribution in [0.2, 0.25) is 0 Å². The van der Waals surface area contributed by atoms with Crippen LogP contribution in [0.4, 0.5) is 13.2 Å². The molecule has 0 fully saturated rings. The van der Waals surface area contributed by atoms with E-state index in [0.29, 0.717) is 12.5 Å². The Morgan fingerprint density at radius 2 is 1.95 bits per heavy atom. The maximum atomic E-state index is 12.0. The molecule has 1 heterocycles. The van der Waals surface area contributed by atoms with Crippen LogP contribution < -0.4 is 10.6 Å². The molecule has 0 bridgehead atoms. The fourth-order valence-corrected chi connectivity index (χ4v) is 2.19. The van der Waals surface area contributed by atoms with E-state index in [1.54, 1.807) is 11.3 Å². The zero-order chi connectivity index (χ0) is 14.5. The van der Waals surface area contributed by atoms with Crippen molar-refractivity contribution in [3.63, 3.8) is 0 Å². The molecule has 0 radical (unpaired) electrons. The number of rotatable bonds is 4. The van der Waals surface area contributed by atoms with Gasteiger partial charge in [-0.05, 0) is 13.8 Å². The number of nitrogens with zero attached hydrogens (tertiary/aromatic N) is 2. The van der Waals surface area contributed by atoms with Gasteiger partial charge < -0.3 is 10.6 Å². The third-order valence-electron chi connectivity index (χ3n) is 2.40. The van der Waals surface area contributed by atoms with Gasteiger partial charge in [0.25, 0.3) is 0 Å². The van der Waals surface area contributed by atoms with Gasteiger partial charge in [-0.2, -0.15) is 13.2 Å². The van der Waals surface area contributed by atoms with Crippen LogP contribution in [0.5, 0.6) is 0 Å². The van der Waals surface area contributed by atoms with Gasteiger partial charge in [0.05, 0.1) is 18.7 Å². The van der Waals surface area contributed by atoms with Crippen molar-refractivity contribution in [2.45, 2.75) is 33.0 Å². The van der Waals surface area contributed by atoms with Crippen molar-refractivity contribution >= 4 is 41.3 Å². The lowest BCUT2D eigenvalue weighted by Gasteiger charge is -2.11. The summed E-state index contributed by atoms with van der Waals surface area (Å²) in [4.78, 5) is 9.32. The lowest BCUT2D eigenvalue weighted by molar-refractivity contribution is -0.132. The molecule has 0 aliphatic rings. The second-order valence-electron chi connectivity index (χ2n) is 3.97. The summed E-state index contributed by atoms with van der Waals surface area (Å²) in [7, 11) is 1.52. The molecule has 0 aromatic carbocycles. The van der Waals surface area contributed by atoms with Gasteiger partial charge in [-0.1, -0.05) is 0 Å². The predicted molar refractivity (Wildman–Crippen MR) is 85.9 cm³/mol. The molecular formula is C11H18F3IN4S. The highest BCUT2D eigenvalue weighted by atomic mass is 127. The molecule has 20 heavy (non-hydrogen) atoms. The summed E-state index contributed by atoms with van der Waals surface area (Å²) >= 11 is 1.56. The van der Waals surface area contributed by atoms with Crippen molar-refractivity contribution in [1.82, 2.24) is 15.6 Å². The van der Waals surface area contributed by atoms with E-state index in [1.165, 1.54) is 7.05 Å². The molecule has 4 nitrogen and oxygen atoms in total. The van der Waals surface area contributed by atoms with Gasteiger partial charge in [-0.25, -0.2) is 4.98 Å². The number of halogens is 4. The molecule has 0 unspecified atom stereocenters. The van der Waals surface area contributed by atoms with Crippen LogP contribution in [0.1, 0.15) is 22.0 Å². The molecule has 0 spiro atoms. The Hall–Kier alpha value is -0.580. The van der Waals surface area contributed by atoms with Crippen molar-refractivity contribution in [2.24, 2.45) is 4.99 Å². The van der Waals surface area contributed by atoms with E-state index in [4.69, 9.17) is 0 Å². The van der Waals surface area contributed by atoms with Gasteiger partial charge in [-0.3, -0.25) is 4.99 Å². The molecule has 1 aromatic heterocycles. The van der Waals surface area contributed by atoms with Crippen LogP contribution in [-0.4, -0.2) is 30.7 Å². The number of aliphatic imine (C=N–C) groups is 1. The summed E-state index contributed by atoms with van der Waals surface area (Å²) in [5.41, 5.74) is 0.974. The molecule has 0 aliphatic carbocycles. The molecule has 0 atom stereocenters. The van der Waals surface area contributed by atoms with Crippen molar-refractivity contribution in [1.29, 1.82) is 0 Å². The Bertz CT molecular complexity index is 426. The quantitative estimate of drug-likeness (QED) is 0.446. The number of hydrogen-bond donors (Lipinski definition) is 2. The number of guanidine groups is 1. The Morgan fingerprint density at radius 1 is 1.30 bits per heavy atom. The molecule has 0 saturated heterocycles. The third-order valence-corrected chi connectivity index (χ3v) is 3.48. The zero-order valence-corrected chi connectivity index (χ0v) is 14.6. The first-order chi connectivity index (χ1) is 8.81. The number of thiazole rings is 1. The summed E-state index contributed by atoms with van der Waals surface area (Å²) in [5, 5.41) is 6.43. The minimum atomic E-state index is -4.16. The summed E-state index contributed by atoms with van der Waals surface area (Å²) in [6.45, 7) is 4.16. The summed E-state index contributed by atoms with van der Waals surface area (Å²) in [5.74, 6) is 0.342. The normalized spacial score (nSPS) is 12.0. The minimum absolute atomic E-state index is 0. The Kier molecular flexibility index (Phi) is 8.40. The summed E-state index contributed by atoms with van der Waals surface area (Å²) in [6, 6.07) is 0. The first-order valence-electron chi connectivity index (χ1n) is 5.76. The molecule has 9 heteroatoms. The molecule has 0 aliphatic heterocycles. The van der Waals surface area contributed by atoms with Gasteiger partial charge in [0.1, 0.15) is 5.01 Å². The Morgan fingerprint density at radius 3 is 2.40 bits per heavy atom. The maximum absolute atomic E-state index is 12.0. The molecule has 0 saturated carbocycles. The fraction of sp³-hybridized carbons (Fsp3) is 0.636. The van der Waals surface area contributed by atoms with E-state index in [1.807, 2.05) is 13.8 Å². The number of nitrogens with one attached hydrogen (secondary N) is 2. The molecular weight excluding hydrogens is 404 g/mol. The van der Waals surface area contributed by atoms with Crippen LogP contribution in [0.15, 0.2) is 4.99 Å². The zero-order valence-electron chi connectivity index (χ0n) is 11.5. The van der Waals surface area contributed by atoms with Crippen LogP contribution in [0.25, 0.3) is 0 Å². The average Bonchev–Trinajstić information content (AvgIpc) is 2.61. The molecule has 0 amide bonds. The minimum Gasteiger partial charge on any atom is -0.356 e. The fourth-order valence-electron chi connectivity index (χ4n) is 1.32. The van der Waals surface area contributed by atoms with E-state index in [0.717, 1.165) is 15.6 Å². The average molecular weight is 422 g/mol. The van der Waals surface area contributed by atoms with E-state index in [2.05, 4.69) is 20.6 Å². The second kappa shape index (κ2) is 8.65. The summed E-state index contributed by atoms with van der Waals surface area (Å²) < 4.78 is 36.0. The summed E-state index contributed by atoms with van der Waals surface area (Å²) in [6.07, 6.45) is -5.04. The monoisotopic (exact) mass is 422 g/mol. The molecule has 2 N–H and O–H groups in total. The van der Waals surface area contributed by atoms with Gasteiger partial charge in [0, 0.05) is 18.5 Å². The Labute approximate surface area is 137 Å². The van der Waals surface area contributed by atoms with Crippen LogP contribution >= 0.6 is 35.3 Å². The van der Waals surface area contributed by atoms with Crippen LogP contribution in [-0.2, 0) is 6.54 Å². The van der Waals surface area contributed by atoms with Gasteiger partial charge in [0.2, 0.25) is 0 Å². The van der Waals surface area contributed by atoms with Crippen LogP contribution in [0.3, 0.4) is 0 Å². The van der Waals surface area contributed by atoms with Crippen molar-refractivity contribution in [3.8, 4) is 0 Å². The van der Waals surface area contributed by atoms with Gasteiger partial charge in [-0.15, -0.1) is 35.3 Å². The maximum Gasteiger partial charge on any atom is 0.390 e. The number of aromatic nitrogens is 1. The number of hydrogen-bond acceptors (Lipinski definition) is 3. The van der Waals surface area contributed by atoms with E-state index < -0.39 is 12.6 Å². The smallest absolute Gasteiger partial charge is 0.356 e. The first kappa shape index (κ1) is 19.4. The SMILES string of the molecule is CN=C(NCCC(F)(F)F)NCc1nc(C)c(C)s1.I. The standard InChI is InChI=1S/C11H17F3N4S.HI/c1-7-8(2)19-9(18-7)6-17-10(15-3)16-5-4-11(12,13)14;/h4-6H2,1-3H3,(H2,15,16,17);1H. The second-order valence-corrected chi connectivity index (χ2v) is 5.25. The number of alkyl halides is 3. The third kappa shape index (κ3) is 7.27. The molecule has 116 valence electrons. The lowest BCUT2D eigenvalue weighted by Crippen LogP contribution is -2.38. The van der Waals surface area contributed by atoms with E-state index >= 15 is 0 Å². The molecule has 1 rings (SSSR count). The molecule has 1 aromatic rings. The Balaban J connectivity index is 0.00000361. The van der Waals surface area contributed by atoms with Crippen molar-refractivity contribution < 1.29 is 13.2 Å². The van der Waals surface area contributed by atoms with E-state index in [9.17, 15) is 13.2 Å². The van der Waals surface area contributed by atoms with Crippen LogP contribution in [0, 0.1) is 13.8 Å². The van der Waals surface area contributed by atoms with Gasteiger partial charge >= 0.3 is 6.18 Å². The van der Waals surface area contributed by atoms with Crippen molar-refractivity contribution in [3.05, 3.63) is 15.6 Å². The van der Waals surface area contributed by atoms with Gasteiger partial charge in [0.15, 0.2) is 5.96 Å². The topological polar surface area (TPSA) is 49.3 Å². The highest BCUT2D eigenvalue weighted by Gasteiger charge is 2.26. The number of aryl methyl sites for hydroxylation is 2. The lowest BCUT2D eigenvalue weighted by atomic mass is 10.4. The highest BCUT2D eigenvalue weighted by molar-refractivity contribution is 14.0. The van der Waals surface area contributed by atoms with Crippen molar-refractivity contribution in [2.75, 3.05) is 13.6 Å². The predicted octanol–water partition coefficient (Wildman–Crippen LogP) is 3.00. The first-order valence-corrected chi connectivity index (χ1v) is 6.57.